The Bertz CT molecular complexity index is 790. The summed E-state index contributed by atoms with van der Waals surface area (Å²) in [5.41, 5.74) is 1.88. The first-order chi connectivity index (χ1) is 12.1. The van der Waals surface area contributed by atoms with Gasteiger partial charge >= 0.3 is 0 Å². The van der Waals surface area contributed by atoms with Crippen molar-refractivity contribution in [3.8, 4) is 11.8 Å². The molecule has 0 aromatic carbocycles. The van der Waals surface area contributed by atoms with Gasteiger partial charge < -0.3 is 9.80 Å². The van der Waals surface area contributed by atoms with E-state index in [0.29, 0.717) is 5.02 Å². The van der Waals surface area contributed by atoms with E-state index in [9.17, 15) is 4.79 Å². The number of hydrogen-bond acceptors (Lipinski definition) is 5. The number of nitrogens with zero attached hydrogens (tertiary/aromatic N) is 6. The van der Waals surface area contributed by atoms with Gasteiger partial charge in [0.05, 0.1) is 34.9 Å². The molecular weight excluding hydrogens is 340 g/mol. The lowest BCUT2D eigenvalue weighted by atomic mass is 9.95. The van der Waals surface area contributed by atoms with E-state index in [1.165, 1.54) is 4.90 Å². The molecule has 0 atom stereocenters. The van der Waals surface area contributed by atoms with Crippen LogP contribution in [0.15, 0.2) is 30.9 Å². The van der Waals surface area contributed by atoms with Crippen molar-refractivity contribution in [2.75, 3.05) is 31.6 Å². The molecule has 3 heterocycles. The molecule has 0 unspecified atom stereocenters. The average Bonchev–Trinajstić information content (AvgIpc) is 3.08. The van der Waals surface area contributed by atoms with Gasteiger partial charge in [-0.05, 0) is 18.9 Å². The number of piperidine rings is 1. The molecule has 1 aliphatic rings. The molecule has 0 spiro atoms. The molecule has 1 amide bonds. The highest BCUT2D eigenvalue weighted by Gasteiger charge is 2.28. The fourth-order valence-corrected chi connectivity index (χ4v) is 3.25. The Kier molecular flexibility index (Phi) is 5.19. The van der Waals surface area contributed by atoms with Crippen molar-refractivity contribution in [3.63, 3.8) is 0 Å². The minimum atomic E-state index is -0.0335. The molecule has 0 saturated carbocycles. The van der Waals surface area contributed by atoms with Crippen molar-refractivity contribution >= 4 is 23.2 Å². The molecule has 7 nitrogen and oxygen atoms in total. The van der Waals surface area contributed by atoms with Crippen molar-refractivity contribution in [2.24, 2.45) is 5.92 Å². The number of anilines is 1. The first kappa shape index (κ1) is 17.2. The Labute approximate surface area is 151 Å². The number of carbonyl (C=O) groups excluding carboxylic acids is 1. The molecule has 2 aromatic heterocycles. The predicted molar refractivity (Wildman–Crippen MR) is 94.6 cm³/mol. The largest absolute Gasteiger partial charge is 0.368 e. The number of carbonyl (C=O) groups is 1. The van der Waals surface area contributed by atoms with Gasteiger partial charge in [-0.25, -0.2) is 4.68 Å². The van der Waals surface area contributed by atoms with Crippen molar-refractivity contribution in [1.29, 1.82) is 5.26 Å². The van der Waals surface area contributed by atoms with E-state index < -0.39 is 0 Å². The van der Waals surface area contributed by atoms with Gasteiger partial charge in [0.25, 0.3) is 0 Å². The third-order valence-electron chi connectivity index (χ3n) is 4.44. The van der Waals surface area contributed by atoms with Crippen LogP contribution >= 0.6 is 11.6 Å². The van der Waals surface area contributed by atoms with Crippen LogP contribution in [-0.4, -0.2) is 52.3 Å². The summed E-state index contributed by atoms with van der Waals surface area (Å²) in [5, 5.41) is 13.6. The van der Waals surface area contributed by atoms with Crippen LogP contribution in [0, 0.1) is 17.2 Å². The van der Waals surface area contributed by atoms with E-state index in [1.807, 2.05) is 18.3 Å². The molecule has 1 saturated heterocycles. The van der Waals surface area contributed by atoms with Crippen LogP contribution in [0.3, 0.4) is 0 Å². The molecule has 3 rings (SSSR count). The highest BCUT2D eigenvalue weighted by molar-refractivity contribution is 6.30. The van der Waals surface area contributed by atoms with Crippen LogP contribution in [-0.2, 0) is 4.79 Å². The predicted octanol–water partition coefficient (Wildman–Crippen LogP) is 2.12. The molecule has 1 aliphatic heterocycles. The normalized spacial score (nSPS) is 15.0. The van der Waals surface area contributed by atoms with Crippen LogP contribution < -0.4 is 4.90 Å². The van der Waals surface area contributed by atoms with Crippen molar-refractivity contribution < 1.29 is 4.79 Å². The lowest BCUT2D eigenvalue weighted by Gasteiger charge is -2.34. The Morgan fingerprint density at radius 2 is 2.16 bits per heavy atom. The van der Waals surface area contributed by atoms with Crippen LogP contribution in [0.4, 0.5) is 5.69 Å². The second-order valence-electron chi connectivity index (χ2n) is 6.08. The van der Waals surface area contributed by atoms with Gasteiger partial charge in [0, 0.05) is 38.4 Å². The molecule has 0 bridgehead atoms. The van der Waals surface area contributed by atoms with Crippen LogP contribution in [0.5, 0.6) is 0 Å². The summed E-state index contributed by atoms with van der Waals surface area (Å²) >= 11 is 5.98. The zero-order chi connectivity index (χ0) is 17.8. The number of amides is 1. The smallest absolute Gasteiger partial charge is 0.226 e. The zero-order valence-electron chi connectivity index (χ0n) is 14.0. The summed E-state index contributed by atoms with van der Waals surface area (Å²) < 4.78 is 1.73. The maximum atomic E-state index is 12.3. The van der Waals surface area contributed by atoms with Gasteiger partial charge in [-0.15, -0.1) is 0 Å². The number of rotatable bonds is 4. The summed E-state index contributed by atoms with van der Waals surface area (Å²) in [4.78, 5) is 20.3. The third-order valence-corrected chi connectivity index (χ3v) is 4.64. The molecule has 8 heteroatoms. The number of pyridine rings is 1. The zero-order valence-corrected chi connectivity index (χ0v) is 14.7. The average molecular weight is 359 g/mol. The minimum Gasteiger partial charge on any atom is -0.368 e. The molecular formula is C17H19ClN6O. The van der Waals surface area contributed by atoms with Crippen molar-refractivity contribution in [3.05, 3.63) is 35.9 Å². The van der Waals surface area contributed by atoms with Crippen LogP contribution in [0.25, 0.3) is 5.69 Å². The maximum Gasteiger partial charge on any atom is 0.226 e. The van der Waals surface area contributed by atoms with E-state index in [-0.39, 0.29) is 18.4 Å². The highest BCUT2D eigenvalue weighted by atomic mass is 35.5. The van der Waals surface area contributed by atoms with Crippen LogP contribution in [0.2, 0.25) is 5.02 Å². The highest BCUT2D eigenvalue weighted by Crippen LogP contribution is 2.29. The quantitative estimate of drug-likeness (QED) is 0.782. The number of halogens is 1. The van der Waals surface area contributed by atoms with Gasteiger partial charge in [0.1, 0.15) is 6.54 Å². The summed E-state index contributed by atoms with van der Waals surface area (Å²) in [7, 11) is 1.68. The number of aromatic nitrogens is 3. The molecule has 2 aromatic rings. The molecule has 0 aliphatic carbocycles. The Balaban J connectivity index is 1.72. The molecule has 0 radical (unpaired) electrons. The minimum absolute atomic E-state index is 0.0335. The second kappa shape index (κ2) is 7.53. The standard InChI is InChI=1S/C17H19ClN6O/c1-22(9-5-19)17(25)13-3-7-23(8-4-13)16-11-20-6-2-15(16)24-12-14(18)10-21-24/h2,6,10-13H,3-4,7-9H2,1H3. The monoisotopic (exact) mass is 358 g/mol. The van der Waals surface area contributed by atoms with Crippen LogP contribution in [0.1, 0.15) is 12.8 Å². The maximum absolute atomic E-state index is 12.3. The molecule has 130 valence electrons. The summed E-state index contributed by atoms with van der Waals surface area (Å²) in [6.45, 7) is 1.64. The lowest BCUT2D eigenvalue weighted by molar-refractivity contribution is -0.134. The van der Waals surface area contributed by atoms with Crippen molar-refractivity contribution in [1.82, 2.24) is 19.7 Å². The van der Waals surface area contributed by atoms with Gasteiger partial charge in [-0.3, -0.25) is 9.78 Å². The van der Waals surface area contributed by atoms with E-state index >= 15 is 0 Å². The topological polar surface area (TPSA) is 78.0 Å². The Morgan fingerprint density at radius 3 is 2.80 bits per heavy atom. The molecule has 0 N–H and O–H groups in total. The summed E-state index contributed by atoms with van der Waals surface area (Å²) in [5.74, 6) is 0.0142. The summed E-state index contributed by atoms with van der Waals surface area (Å²) in [6.07, 6.45) is 8.40. The fourth-order valence-electron chi connectivity index (χ4n) is 3.11. The van der Waals surface area contributed by atoms with E-state index in [0.717, 1.165) is 37.3 Å². The van der Waals surface area contributed by atoms with Gasteiger partial charge in [-0.1, -0.05) is 11.6 Å². The fraction of sp³-hybridized carbons (Fsp3) is 0.412. The van der Waals surface area contributed by atoms with E-state index in [4.69, 9.17) is 16.9 Å². The van der Waals surface area contributed by atoms with E-state index in [1.54, 1.807) is 30.3 Å². The number of hydrogen-bond donors (Lipinski definition) is 0. The summed E-state index contributed by atoms with van der Waals surface area (Å²) in [6, 6.07) is 3.92. The first-order valence-electron chi connectivity index (χ1n) is 8.11. The number of nitriles is 1. The van der Waals surface area contributed by atoms with E-state index in [2.05, 4.69) is 15.0 Å². The Hall–Kier alpha value is -2.59. The van der Waals surface area contributed by atoms with Gasteiger partial charge in [-0.2, -0.15) is 10.4 Å². The lowest BCUT2D eigenvalue weighted by Crippen LogP contribution is -2.41. The second-order valence-corrected chi connectivity index (χ2v) is 6.52. The molecule has 1 fully saturated rings. The SMILES string of the molecule is CN(CC#N)C(=O)C1CCN(c2cnccc2-n2cc(Cl)cn2)CC1. The molecule has 25 heavy (non-hydrogen) atoms. The van der Waals surface area contributed by atoms with Gasteiger partial charge in [0.15, 0.2) is 0 Å². The third kappa shape index (κ3) is 3.74. The van der Waals surface area contributed by atoms with Gasteiger partial charge in [0.2, 0.25) is 5.91 Å². The van der Waals surface area contributed by atoms with Crippen molar-refractivity contribution in [2.45, 2.75) is 12.8 Å². The Morgan fingerprint density at radius 1 is 1.40 bits per heavy atom. The first-order valence-corrected chi connectivity index (χ1v) is 8.49.